The number of nitrogens with two attached hydrogens (primary N) is 1. The Labute approximate surface area is 111 Å². The van der Waals surface area contributed by atoms with Gasteiger partial charge in [0.25, 0.3) is 0 Å². The first-order valence-corrected chi connectivity index (χ1v) is 6.16. The zero-order chi connectivity index (χ0) is 13.3. The summed E-state index contributed by atoms with van der Waals surface area (Å²) in [4.78, 5) is 14.0. The number of thiocarbonyl (C=S) groups is 1. The number of hydrogen-bond donors (Lipinski definition) is 1. The molecule has 0 spiro atoms. The van der Waals surface area contributed by atoms with Gasteiger partial charge in [-0.25, -0.2) is 4.39 Å². The Hall–Kier alpha value is -1.49. The van der Waals surface area contributed by atoms with Crippen LogP contribution in [0.5, 0.6) is 0 Å². The zero-order valence-corrected chi connectivity index (χ0v) is 11.0. The van der Waals surface area contributed by atoms with Crippen LogP contribution in [0.1, 0.15) is 18.4 Å². The van der Waals surface area contributed by atoms with Crippen molar-refractivity contribution in [3.05, 3.63) is 35.6 Å². The molecule has 0 atom stereocenters. The van der Waals surface area contributed by atoms with E-state index in [-0.39, 0.29) is 16.7 Å². The Morgan fingerprint density at radius 3 is 2.72 bits per heavy atom. The molecule has 5 heteroatoms. The van der Waals surface area contributed by atoms with E-state index >= 15 is 0 Å². The fourth-order valence-corrected chi connectivity index (χ4v) is 2.33. The van der Waals surface area contributed by atoms with Crippen molar-refractivity contribution in [3.8, 4) is 0 Å². The van der Waals surface area contributed by atoms with Crippen molar-refractivity contribution in [3.63, 3.8) is 0 Å². The van der Waals surface area contributed by atoms with Crippen molar-refractivity contribution in [2.24, 2.45) is 11.1 Å². The lowest BCUT2D eigenvalue weighted by molar-refractivity contribution is -0.133. The molecule has 1 aliphatic rings. The van der Waals surface area contributed by atoms with E-state index in [1.165, 1.54) is 12.1 Å². The summed E-state index contributed by atoms with van der Waals surface area (Å²) in [6.45, 7) is 0.362. The second kappa shape index (κ2) is 4.65. The normalized spacial score (nSPS) is 16.1. The van der Waals surface area contributed by atoms with Gasteiger partial charge in [0.05, 0.1) is 10.4 Å². The van der Waals surface area contributed by atoms with Crippen LogP contribution in [0.3, 0.4) is 0 Å². The predicted octanol–water partition coefficient (Wildman–Crippen LogP) is 1.85. The molecule has 0 radical (unpaired) electrons. The lowest BCUT2D eigenvalue weighted by Gasteiger charge is -2.22. The average Bonchev–Trinajstić information content (AvgIpc) is 3.09. The third-order valence-corrected chi connectivity index (χ3v) is 3.68. The molecule has 1 aromatic carbocycles. The molecule has 0 heterocycles. The fourth-order valence-electron chi connectivity index (χ4n) is 2.04. The molecule has 0 aliphatic heterocycles. The van der Waals surface area contributed by atoms with Crippen LogP contribution >= 0.6 is 12.2 Å². The van der Waals surface area contributed by atoms with Gasteiger partial charge < -0.3 is 10.6 Å². The van der Waals surface area contributed by atoms with E-state index in [2.05, 4.69) is 0 Å². The minimum atomic E-state index is -0.641. The lowest BCUT2D eigenvalue weighted by atomic mass is 10.1. The summed E-state index contributed by atoms with van der Waals surface area (Å²) in [6.07, 6.45) is 1.43. The summed E-state index contributed by atoms with van der Waals surface area (Å²) in [6, 6.07) is 6.21. The monoisotopic (exact) mass is 266 g/mol. The zero-order valence-electron chi connectivity index (χ0n) is 10.1. The van der Waals surface area contributed by atoms with Gasteiger partial charge in [0, 0.05) is 13.6 Å². The first-order chi connectivity index (χ1) is 8.45. The number of rotatable bonds is 4. The van der Waals surface area contributed by atoms with Crippen LogP contribution in [0.2, 0.25) is 0 Å². The van der Waals surface area contributed by atoms with Gasteiger partial charge in [0.2, 0.25) is 5.91 Å². The minimum absolute atomic E-state index is 0.0701. The Bertz CT molecular complexity index is 500. The predicted molar refractivity (Wildman–Crippen MR) is 71.3 cm³/mol. The van der Waals surface area contributed by atoms with Crippen LogP contribution < -0.4 is 5.73 Å². The number of halogens is 1. The molecule has 1 amide bonds. The SMILES string of the molecule is CN(Cc1cccc(F)c1)C(=O)C1(C(N)=S)CC1. The van der Waals surface area contributed by atoms with Crippen molar-refractivity contribution in [1.82, 2.24) is 4.90 Å². The molecule has 0 unspecified atom stereocenters. The van der Waals surface area contributed by atoms with E-state index in [4.69, 9.17) is 18.0 Å². The molecule has 18 heavy (non-hydrogen) atoms. The number of hydrogen-bond acceptors (Lipinski definition) is 2. The van der Waals surface area contributed by atoms with E-state index in [9.17, 15) is 9.18 Å². The van der Waals surface area contributed by atoms with Crippen molar-refractivity contribution >= 4 is 23.1 Å². The second-order valence-corrected chi connectivity index (χ2v) is 5.18. The third kappa shape index (κ3) is 2.36. The molecule has 96 valence electrons. The Kier molecular flexibility index (Phi) is 3.34. The van der Waals surface area contributed by atoms with Crippen molar-refractivity contribution in [1.29, 1.82) is 0 Å². The van der Waals surface area contributed by atoms with Crippen LogP contribution in [-0.2, 0) is 11.3 Å². The van der Waals surface area contributed by atoms with Crippen LogP contribution in [0.25, 0.3) is 0 Å². The Balaban J connectivity index is 2.07. The topological polar surface area (TPSA) is 46.3 Å². The highest BCUT2D eigenvalue weighted by atomic mass is 32.1. The second-order valence-electron chi connectivity index (χ2n) is 4.74. The summed E-state index contributed by atoms with van der Waals surface area (Å²) >= 11 is 4.95. The molecular weight excluding hydrogens is 251 g/mol. The maximum Gasteiger partial charge on any atom is 0.235 e. The first kappa shape index (κ1) is 13.0. The largest absolute Gasteiger partial charge is 0.392 e. The fraction of sp³-hybridized carbons (Fsp3) is 0.385. The summed E-state index contributed by atoms with van der Waals surface area (Å²) < 4.78 is 13.0. The van der Waals surface area contributed by atoms with Gasteiger partial charge in [-0.3, -0.25) is 4.79 Å². The van der Waals surface area contributed by atoms with E-state index in [1.54, 1.807) is 24.1 Å². The summed E-state index contributed by atoms with van der Waals surface area (Å²) in [5.74, 6) is -0.372. The summed E-state index contributed by atoms with van der Waals surface area (Å²) in [7, 11) is 1.69. The molecule has 1 saturated carbocycles. The van der Waals surface area contributed by atoms with Gasteiger partial charge in [-0.05, 0) is 30.5 Å². The molecular formula is C13H15FN2OS. The minimum Gasteiger partial charge on any atom is -0.392 e. The molecule has 1 aromatic rings. The quantitative estimate of drug-likeness (QED) is 0.846. The highest BCUT2D eigenvalue weighted by Gasteiger charge is 2.53. The standard InChI is InChI=1S/C13H15FN2OS/c1-16(8-9-3-2-4-10(14)7-9)12(17)13(5-6-13)11(15)18/h2-4,7H,5-6,8H2,1H3,(H2,15,18). The first-order valence-electron chi connectivity index (χ1n) is 5.75. The van der Waals surface area contributed by atoms with Crippen LogP contribution in [0.15, 0.2) is 24.3 Å². The Morgan fingerprint density at radius 2 is 2.22 bits per heavy atom. The molecule has 2 rings (SSSR count). The maximum absolute atomic E-state index is 13.0. The van der Waals surface area contributed by atoms with Crippen LogP contribution in [0.4, 0.5) is 4.39 Å². The summed E-state index contributed by atoms with van der Waals surface area (Å²) in [5.41, 5.74) is 5.73. The van der Waals surface area contributed by atoms with Crippen molar-refractivity contribution in [2.75, 3.05) is 7.05 Å². The molecule has 0 bridgehead atoms. The highest BCUT2D eigenvalue weighted by Crippen LogP contribution is 2.47. The van der Waals surface area contributed by atoms with Crippen molar-refractivity contribution < 1.29 is 9.18 Å². The van der Waals surface area contributed by atoms with Gasteiger partial charge in [-0.15, -0.1) is 0 Å². The van der Waals surface area contributed by atoms with Gasteiger partial charge >= 0.3 is 0 Å². The number of nitrogens with zero attached hydrogens (tertiary/aromatic N) is 1. The van der Waals surface area contributed by atoms with Gasteiger partial charge in [0.1, 0.15) is 5.82 Å². The molecule has 1 aliphatic carbocycles. The van der Waals surface area contributed by atoms with E-state index < -0.39 is 5.41 Å². The smallest absolute Gasteiger partial charge is 0.235 e. The lowest BCUT2D eigenvalue weighted by Crippen LogP contribution is -2.40. The number of carbonyl (C=O) groups is 1. The van der Waals surface area contributed by atoms with Gasteiger partial charge in [-0.1, -0.05) is 24.4 Å². The van der Waals surface area contributed by atoms with Gasteiger partial charge in [0.15, 0.2) is 0 Å². The van der Waals surface area contributed by atoms with Gasteiger partial charge in [-0.2, -0.15) is 0 Å². The highest BCUT2D eigenvalue weighted by molar-refractivity contribution is 7.80. The molecule has 3 nitrogen and oxygen atoms in total. The molecule has 0 aromatic heterocycles. The number of carbonyl (C=O) groups excluding carboxylic acids is 1. The Morgan fingerprint density at radius 1 is 1.56 bits per heavy atom. The number of benzene rings is 1. The van der Waals surface area contributed by atoms with E-state index in [1.807, 2.05) is 0 Å². The van der Waals surface area contributed by atoms with Crippen molar-refractivity contribution in [2.45, 2.75) is 19.4 Å². The van der Waals surface area contributed by atoms with E-state index in [0.717, 1.165) is 5.56 Å². The van der Waals surface area contributed by atoms with Crippen LogP contribution in [0, 0.1) is 11.2 Å². The molecule has 1 fully saturated rings. The van der Waals surface area contributed by atoms with Crippen LogP contribution in [-0.4, -0.2) is 22.8 Å². The molecule has 0 saturated heterocycles. The average molecular weight is 266 g/mol. The third-order valence-electron chi connectivity index (χ3n) is 3.29. The molecule has 2 N–H and O–H groups in total. The summed E-state index contributed by atoms with van der Waals surface area (Å²) in [5, 5.41) is 0. The number of amides is 1. The maximum atomic E-state index is 13.0. The van der Waals surface area contributed by atoms with E-state index in [0.29, 0.717) is 19.4 Å².